The van der Waals surface area contributed by atoms with Crippen molar-refractivity contribution in [2.24, 2.45) is 5.92 Å². The van der Waals surface area contributed by atoms with Crippen molar-refractivity contribution in [2.75, 3.05) is 18.8 Å². The van der Waals surface area contributed by atoms with E-state index in [2.05, 4.69) is 26.5 Å². The zero-order valence-corrected chi connectivity index (χ0v) is 21.6. The van der Waals surface area contributed by atoms with Gasteiger partial charge in [0.1, 0.15) is 10.0 Å². The van der Waals surface area contributed by atoms with Crippen LogP contribution in [0.1, 0.15) is 62.4 Å². The van der Waals surface area contributed by atoms with Gasteiger partial charge in [-0.15, -0.1) is 11.3 Å². The van der Waals surface area contributed by atoms with E-state index >= 15 is 0 Å². The molecule has 1 fully saturated rings. The zero-order chi connectivity index (χ0) is 23.4. The van der Waals surface area contributed by atoms with Gasteiger partial charge in [-0.3, -0.25) is 0 Å². The van der Waals surface area contributed by atoms with Gasteiger partial charge in [-0.05, 0) is 88.9 Å². The lowest BCUT2D eigenvalue weighted by molar-refractivity contribution is 0.158. The van der Waals surface area contributed by atoms with Gasteiger partial charge in [0.2, 0.25) is 10.0 Å². The lowest BCUT2D eigenvalue weighted by Gasteiger charge is -2.36. The number of halogens is 1. The van der Waals surface area contributed by atoms with Crippen molar-refractivity contribution in [3.8, 4) is 0 Å². The summed E-state index contributed by atoms with van der Waals surface area (Å²) in [6.45, 7) is 4.47. The van der Waals surface area contributed by atoms with Gasteiger partial charge in [0, 0.05) is 23.2 Å². The number of nitrogens with zero attached hydrogens (tertiary/aromatic N) is 3. The van der Waals surface area contributed by atoms with E-state index in [1.807, 2.05) is 0 Å². The molecule has 2 heterocycles. The molecular weight excluding hydrogens is 478 g/mol. The Balaban J connectivity index is 1.26. The SMILES string of the molecule is CCCN(CCC1CCC(NS(=O)(=O)c2cccnc2Cl)CC1)[C@H]1CCc2nc(N)sc2C1. The predicted molar refractivity (Wildman–Crippen MR) is 134 cm³/mol. The van der Waals surface area contributed by atoms with Gasteiger partial charge >= 0.3 is 0 Å². The summed E-state index contributed by atoms with van der Waals surface area (Å²) >= 11 is 7.65. The van der Waals surface area contributed by atoms with Crippen molar-refractivity contribution >= 4 is 38.1 Å². The highest BCUT2D eigenvalue weighted by molar-refractivity contribution is 7.89. The topological polar surface area (TPSA) is 101 Å². The fraction of sp³-hybridized carbons (Fsp3) is 0.652. The molecule has 0 amide bonds. The number of anilines is 1. The minimum absolute atomic E-state index is 0.0190. The maximum absolute atomic E-state index is 12.7. The van der Waals surface area contributed by atoms with Crippen LogP contribution in [-0.4, -0.2) is 48.5 Å². The molecule has 10 heteroatoms. The molecule has 0 aromatic carbocycles. The van der Waals surface area contributed by atoms with Crippen molar-refractivity contribution in [2.45, 2.75) is 81.7 Å². The summed E-state index contributed by atoms with van der Waals surface area (Å²) in [6, 6.07) is 3.63. The number of sulfonamides is 1. The number of aromatic nitrogens is 2. The summed E-state index contributed by atoms with van der Waals surface area (Å²) in [7, 11) is -3.64. The van der Waals surface area contributed by atoms with Crippen LogP contribution in [-0.2, 0) is 22.9 Å². The fourth-order valence-electron chi connectivity index (χ4n) is 5.23. The van der Waals surface area contributed by atoms with Crippen LogP contribution in [0.5, 0.6) is 0 Å². The molecule has 2 aliphatic rings. The molecule has 2 aliphatic carbocycles. The van der Waals surface area contributed by atoms with E-state index in [0.717, 1.165) is 64.5 Å². The van der Waals surface area contributed by atoms with E-state index in [4.69, 9.17) is 17.3 Å². The summed E-state index contributed by atoms with van der Waals surface area (Å²) in [5.74, 6) is 0.644. The van der Waals surface area contributed by atoms with Crippen LogP contribution in [0.15, 0.2) is 23.2 Å². The van der Waals surface area contributed by atoms with Crippen molar-refractivity contribution in [3.05, 3.63) is 34.1 Å². The third-order valence-corrected chi connectivity index (χ3v) is 9.88. The Morgan fingerprint density at radius 1 is 1.24 bits per heavy atom. The second-order valence-electron chi connectivity index (χ2n) is 9.27. The Morgan fingerprint density at radius 3 is 2.76 bits per heavy atom. The predicted octanol–water partition coefficient (Wildman–Crippen LogP) is 4.27. The molecule has 0 radical (unpaired) electrons. The van der Waals surface area contributed by atoms with Crippen molar-refractivity contribution in [1.82, 2.24) is 19.6 Å². The Labute approximate surface area is 206 Å². The standard InChI is InChI=1S/C23H34ClN5O2S2/c1-2-13-29(18-9-10-19-20(15-18)32-23(25)27-19)14-11-16-5-7-17(8-6-16)28-33(30,31)21-4-3-12-26-22(21)24/h3-4,12,16-18,28H,2,5-11,13-15H2,1H3,(H2,25,27)/t16?,17?,18-/m0/s1. The van der Waals surface area contributed by atoms with E-state index < -0.39 is 10.0 Å². The van der Waals surface area contributed by atoms with Crippen molar-refractivity contribution in [3.63, 3.8) is 0 Å². The molecule has 33 heavy (non-hydrogen) atoms. The number of rotatable bonds is 9. The highest BCUT2D eigenvalue weighted by atomic mass is 35.5. The second-order valence-corrected chi connectivity index (χ2v) is 12.4. The molecule has 1 atom stereocenters. The number of pyridine rings is 1. The number of hydrogen-bond donors (Lipinski definition) is 2. The molecule has 0 saturated heterocycles. The van der Waals surface area contributed by atoms with Crippen LogP contribution in [0.25, 0.3) is 0 Å². The largest absolute Gasteiger partial charge is 0.375 e. The molecule has 0 aliphatic heterocycles. The monoisotopic (exact) mass is 511 g/mol. The van der Waals surface area contributed by atoms with E-state index in [-0.39, 0.29) is 16.1 Å². The van der Waals surface area contributed by atoms with Crippen LogP contribution in [0.2, 0.25) is 5.15 Å². The van der Waals surface area contributed by atoms with Crippen molar-refractivity contribution < 1.29 is 8.42 Å². The number of thiazole rings is 1. The quantitative estimate of drug-likeness (QED) is 0.487. The summed E-state index contributed by atoms with van der Waals surface area (Å²) in [6.07, 6.45) is 10.9. The smallest absolute Gasteiger partial charge is 0.243 e. The lowest BCUT2D eigenvalue weighted by Crippen LogP contribution is -2.41. The van der Waals surface area contributed by atoms with Gasteiger partial charge < -0.3 is 10.6 Å². The molecule has 4 rings (SSSR count). The minimum Gasteiger partial charge on any atom is -0.375 e. The second kappa shape index (κ2) is 11.0. The van der Waals surface area contributed by atoms with Gasteiger partial charge in [-0.1, -0.05) is 18.5 Å². The molecule has 2 aromatic heterocycles. The van der Waals surface area contributed by atoms with E-state index in [0.29, 0.717) is 17.1 Å². The maximum Gasteiger partial charge on any atom is 0.243 e. The molecule has 182 valence electrons. The first-order valence-corrected chi connectivity index (χ1v) is 14.6. The van der Waals surface area contributed by atoms with Gasteiger partial charge in [0.05, 0.1) is 5.69 Å². The minimum atomic E-state index is -3.64. The number of nitrogens with two attached hydrogens (primary N) is 1. The molecule has 3 N–H and O–H groups in total. The summed E-state index contributed by atoms with van der Waals surface area (Å²) in [5.41, 5.74) is 7.13. The molecule has 0 bridgehead atoms. The first-order valence-electron chi connectivity index (χ1n) is 12.0. The maximum atomic E-state index is 12.7. The number of fused-ring (bicyclic) bond motifs is 1. The third kappa shape index (κ3) is 6.25. The Hall–Kier alpha value is -1.26. The van der Waals surface area contributed by atoms with Crippen LogP contribution < -0.4 is 10.5 Å². The van der Waals surface area contributed by atoms with Crippen LogP contribution >= 0.6 is 22.9 Å². The number of nitrogens with one attached hydrogen (secondary N) is 1. The van der Waals surface area contributed by atoms with Gasteiger partial charge in [-0.25, -0.2) is 23.1 Å². The Bertz CT molecular complexity index is 1040. The lowest BCUT2D eigenvalue weighted by atomic mass is 9.84. The fourth-order valence-corrected chi connectivity index (χ4v) is 7.93. The Morgan fingerprint density at radius 2 is 2.03 bits per heavy atom. The molecule has 2 aromatic rings. The summed E-state index contributed by atoms with van der Waals surface area (Å²) in [4.78, 5) is 12.5. The van der Waals surface area contributed by atoms with Crippen LogP contribution in [0.3, 0.4) is 0 Å². The molecule has 0 unspecified atom stereocenters. The Kier molecular flexibility index (Phi) is 8.28. The number of aryl methyl sites for hydroxylation is 1. The van der Waals surface area contributed by atoms with E-state index in [1.54, 1.807) is 17.4 Å². The van der Waals surface area contributed by atoms with Crippen LogP contribution in [0, 0.1) is 5.92 Å². The van der Waals surface area contributed by atoms with Gasteiger partial charge in [-0.2, -0.15) is 0 Å². The highest BCUT2D eigenvalue weighted by Crippen LogP contribution is 2.32. The van der Waals surface area contributed by atoms with Gasteiger partial charge in [0.15, 0.2) is 5.13 Å². The normalized spacial score (nSPS) is 23.5. The highest BCUT2D eigenvalue weighted by Gasteiger charge is 2.29. The van der Waals surface area contributed by atoms with Crippen molar-refractivity contribution in [1.29, 1.82) is 0 Å². The van der Waals surface area contributed by atoms with Crippen LogP contribution in [0.4, 0.5) is 5.13 Å². The van der Waals surface area contributed by atoms with Gasteiger partial charge in [0.25, 0.3) is 0 Å². The third-order valence-electron chi connectivity index (χ3n) is 6.96. The molecule has 1 saturated carbocycles. The average Bonchev–Trinajstić information content (AvgIpc) is 3.17. The van der Waals surface area contributed by atoms with E-state index in [1.165, 1.54) is 29.3 Å². The molecular formula is C23H34ClN5O2S2. The first-order chi connectivity index (χ1) is 15.9. The molecule has 7 nitrogen and oxygen atoms in total. The first kappa shape index (κ1) is 24.9. The summed E-state index contributed by atoms with van der Waals surface area (Å²) in [5, 5.41) is 0.714. The number of nitrogen functional groups attached to an aromatic ring is 1. The van der Waals surface area contributed by atoms with E-state index in [9.17, 15) is 8.42 Å². The summed E-state index contributed by atoms with van der Waals surface area (Å²) < 4.78 is 28.2. The zero-order valence-electron chi connectivity index (χ0n) is 19.2. The number of hydrogen-bond acceptors (Lipinski definition) is 7. The average molecular weight is 512 g/mol. The molecule has 0 spiro atoms.